The van der Waals surface area contributed by atoms with Crippen molar-refractivity contribution in [1.82, 2.24) is 5.32 Å². The van der Waals surface area contributed by atoms with E-state index < -0.39 is 0 Å². The Bertz CT molecular complexity index is 698. The number of hydrogen-bond acceptors (Lipinski definition) is 2. The Morgan fingerprint density at radius 2 is 1.83 bits per heavy atom. The third-order valence-electron chi connectivity index (χ3n) is 4.12. The third-order valence-corrected chi connectivity index (χ3v) is 4.12. The predicted octanol–water partition coefficient (Wildman–Crippen LogP) is 2.55. The SMILES string of the molecule is O=C(CC1Cc2ccccc2NC1=O)NCCc1ccccc1. The van der Waals surface area contributed by atoms with Gasteiger partial charge in [0.25, 0.3) is 0 Å². The fourth-order valence-electron chi connectivity index (χ4n) is 2.86. The second-order valence-electron chi connectivity index (χ2n) is 5.84. The van der Waals surface area contributed by atoms with Crippen LogP contribution in [0.5, 0.6) is 0 Å². The fraction of sp³-hybridized carbons (Fsp3) is 0.263. The molecule has 2 aromatic carbocycles. The second-order valence-corrected chi connectivity index (χ2v) is 5.84. The number of hydrogen-bond donors (Lipinski definition) is 2. The Morgan fingerprint density at radius 3 is 2.65 bits per heavy atom. The number of carbonyl (C=O) groups is 2. The molecule has 2 amide bonds. The number of carbonyl (C=O) groups excluding carboxylic acids is 2. The van der Waals surface area contributed by atoms with Crippen molar-refractivity contribution in [2.24, 2.45) is 5.92 Å². The zero-order chi connectivity index (χ0) is 16.1. The molecule has 2 N–H and O–H groups in total. The predicted molar refractivity (Wildman–Crippen MR) is 90.0 cm³/mol. The Kier molecular flexibility index (Phi) is 4.71. The molecule has 1 atom stereocenters. The molecule has 1 heterocycles. The molecule has 0 fully saturated rings. The van der Waals surface area contributed by atoms with E-state index >= 15 is 0 Å². The summed E-state index contributed by atoms with van der Waals surface area (Å²) in [6, 6.07) is 17.8. The first-order valence-corrected chi connectivity index (χ1v) is 7.92. The van der Waals surface area contributed by atoms with E-state index in [1.165, 1.54) is 5.56 Å². The molecule has 0 aromatic heterocycles. The molecule has 0 bridgehead atoms. The monoisotopic (exact) mass is 308 g/mol. The molecular formula is C19H20N2O2. The summed E-state index contributed by atoms with van der Waals surface area (Å²) in [6.07, 6.45) is 1.65. The van der Waals surface area contributed by atoms with Gasteiger partial charge in [-0.15, -0.1) is 0 Å². The quantitative estimate of drug-likeness (QED) is 0.892. The molecule has 0 saturated carbocycles. The van der Waals surface area contributed by atoms with E-state index in [1.807, 2.05) is 54.6 Å². The van der Waals surface area contributed by atoms with Crippen molar-refractivity contribution in [2.75, 3.05) is 11.9 Å². The van der Waals surface area contributed by atoms with Crippen LogP contribution in [0.2, 0.25) is 0 Å². The van der Waals surface area contributed by atoms with Crippen LogP contribution in [0.15, 0.2) is 54.6 Å². The number of para-hydroxylation sites is 1. The van der Waals surface area contributed by atoms with Gasteiger partial charge in [0.15, 0.2) is 0 Å². The minimum Gasteiger partial charge on any atom is -0.356 e. The van der Waals surface area contributed by atoms with Gasteiger partial charge in [0.2, 0.25) is 11.8 Å². The van der Waals surface area contributed by atoms with Crippen molar-refractivity contribution in [1.29, 1.82) is 0 Å². The summed E-state index contributed by atoms with van der Waals surface area (Å²) in [5.74, 6) is -0.427. The molecule has 2 aromatic rings. The smallest absolute Gasteiger partial charge is 0.228 e. The molecule has 118 valence electrons. The van der Waals surface area contributed by atoms with E-state index in [0.29, 0.717) is 13.0 Å². The van der Waals surface area contributed by atoms with E-state index in [2.05, 4.69) is 10.6 Å². The van der Waals surface area contributed by atoms with Crippen molar-refractivity contribution in [2.45, 2.75) is 19.3 Å². The maximum Gasteiger partial charge on any atom is 0.228 e. The van der Waals surface area contributed by atoms with Gasteiger partial charge in [-0.3, -0.25) is 9.59 Å². The van der Waals surface area contributed by atoms with Crippen molar-refractivity contribution in [3.63, 3.8) is 0 Å². The molecule has 4 nitrogen and oxygen atoms in total. The number of nitrogens with one attached hydrogen (secondary N) is 2. The topological polar surface area (TPSA) is 58.2 Å². The van der Waals surface area contributed by atoms with Crippen LogP contribution in [0.1, 0.15) is 17.5 Å². The number of benzene rings is 2. The van der Waals surface area contributed by atoms with Gasteiger partial charge in [-0.05, 0) is 30.0 Å². The maximum atomic E-state index is 12.1. The summed E-state index contributed by atoms with van der Waals surface area (Å²) in [6.45, 7) is 0.591. The maximum absolute atomic E-state index is 12.1. The van der Waals surface area contributed by atoms with Gasteiger partial charge in [0.05, 0.1) is 5.92 Å². The summed E-state index contributed by atoms with van der Waals surface area (Å²) >= 11 is 0. The zero-order valence-electron chi connectivity index (χ0n) is 12.9. The number of anilines is 1. The molecular weight excluding hydrogens is 288 g/mol. The molecule has 1 aliphatic heterocycles. The highest BCUT2D eigenvalue weighted by Crippen LogP contribution is 2.26. The largest absolute Gasteiger partial charge is 0.356 e. The Labute approximate surface area is 135 Å². The molecule has 3 rings (SSSR count). The van der Waals surface area contributed by atoms with Gasteiger partial charge in [0.1, 0.15) is 0 Å². The van der Waals surface area contributed by atoms with Crippen LogP contribution in [0.25, 0.3) is 0 Å². The standard InChI is InChI=1S/C19H20N2O2/c22-18(20-11-10-14-6-2-1-3-7-14)13-16-12-15-8-4-5-9-17(15)21-19(16)23/h1-9,16H,10-13H2,(H,20,22)(H,21,23). The van der Waals surface area contributed by atoms with Gasteiger partial charge in [-0.2, -0.15) is 0 Å². The van der Waals surface area contributed by atoms with Crippen LogP contribution in [-0.2, 0) is 22.4 Å². The summed E-state index contributed by atoms with van der Waals surface area (Å²) in [7, 11) is 0. The molecule has 0 spiro atoms. The van der Waals surface area contributed by atoms with Crippen molar-refractivity contribution in [3.8, 4) is 0 Å². The number of amides is 2. The summed E-state index contributed by atoms with van der Waals surface area (Å²) < 4.78 is 0. The lowest BCUT2D eigenvalue weighted by Crippen LogP contribution is -2.35. The van der Waals surface area contributed by atoms with Gasteiger partial charge < -0.3 is 10.6 Å². The van der Waals surface area contributed by atoms with E-state index in [-0.39, 0.29) is 24.2 Å². The van der Waals surface area contributed by atoms with Crippen LogP contribution in [0.3, 0.4) is 0 Å². The molecule has 4 heteroatoms. The average molecular weight is 308 g/mol. The molecule has 0 saturated heterocycles. The van der Waals surface area contributed by atoms with E-state index in [4.69, 9.17) is 0 Å². The number of fused-ring (bicyclic) bond motifs is 1. The highest BCUT2D eigenvalue weighted by molar-refractivity contribution is 5.97. The summed E-state index contributed by atoms with van der Waals surface area (Å²) in [5.41, 5.74) is 3.14. The van der Waals surface area contributed by atoms with E-state index in [1.54, 1.807) is 0 Å². The first kappa shape index (κ1) is 15.3. The van der Waals surface area contributed by atoms with Crippen LogP contribution in [0.4, 0.5) is 5.69 Å². The van der Waals surface area contributed by atoms with Gasteiger partial charge in [-0.1, -0.05) is 48.5 Å². The van der Waals surface area contributed by atoms with Crippen LogP contribution < -0.4 is 10.6 Å². The molecule has 1 aliphatic rings. The van der Waals surface area contributed by atoms with Gasteiger partial charge in [-0.25, -0.2) is 0 Å². The second kappa shape index (κ2) is 7.09. The first-order valence-electron chi connectivity index (χ1n) is 7.92. The summed E-state index contributed by atoms with van der Waals surface area (Å²) in [4.78, 5) is 24.2. The van der Waals surface area contributed by atoms with Crippen molar-refractivity contribution >= 4 is 17.5 Å². The Morgan fingerprint density at radius 1 is 1.09 bits per heavy atom. The number of rotatable bonds is 5. The van der Waals surface area contributed by atoms with Crippen LogP contribution in [0, 0.1) is 5.92 Å². The molecule has 0 radical (unpaired) electrons. The highest BCUT2D eigenvalue weighted by Gasteiger charge is 2.27. The lowest BCUT2D eigenvalue weighted by molar-refractivity contribution is -0.127. The first-order chi connectivity index (χ1) is 11.2. The van der Waals surface area contributed by atoms with Crippen molar-refractivity contribution in [3.05, 3.63) is 65.7 Å². The van der Waals surface area contributed by atoms with Crippen LogP contribution >= 0.6 is 0 Å². The van der Waals surface area contributed by atoms with Crippen molar-refractivity contribution < 1.29 is 9.59 Å². The average Bonchev–Trinajstić information content (AvgIpc) is 2.56. The Hall–Kier alpha value is -2.62. The third kappa shape index (κ3) is 3.97. The highest BCUT2D eigenvalue weighted by atomic mass is 16.2. The summed E-state index contributed by atoms with van der Waals surface area (Å²) in [5, 5.41) is 5.78. The minimum atomic E-state index is -0.290. The lowest BCUT2D eigenvalue weighted by Gasteiger charge is -2.24. The fourth-order valence-corrected chi connectivity index (χ4v) is 2.86. The van der Waals surface area contributed by atoms with Crippen LogP contribution in [-0.4, -0.2) is 18.4 Å². The zero-order valence-corrected chi connectivity index (χ0v) is 12.9. The molecule has 23 heavy (non-hydrogen) atoms. The lowest BCUT2D eigenvalue weighted by atomic mass is 9.90. The molecule has 1 unspecified atom stereocenters. The molecule has 0 aliphatic carbocycles. The van der Waals surface area contributed by atoms with Gasteiger partial charge in [0, 0.05) is 18.7 Å². The minimum absolute atomic E-state index is 0.0677. The van der Waals surface area contributed by atoms with E-state index in [9.17, 15) is 9.59 Å². The van der Waals surface area contributed by atoms with Gasteiger partial charge >= 0.3 is 0 Å². The van der Waals surface area contributed by atoms with E-state index in [0.717, 1.165) is 17.7 Å². The Balaban J connectivity index is 1.49. The normalized spacial score (nSPS) is 16.3.